The molecule has 3 fully saturated rings. The standard InChI is InChI=1S/C25H30O7/c1-23-9-7-15(26)12-14(23)5-6-16-17-8-10-25(22(29)30,24(17,2)13-18(27)20(16)23)32-21(28)19-4-3-11-31-19/h3-5,11,16-18,20,27H,6-10,12-13H2,1-2H3,(H,29,30)/t16-,17-,18-,20+,23-,24-,25-/m0/s1. The number of carboxylic acid groups (broad SMARTS) is 1. The van der Waals surface area contributed by atoms with Gasteiger partial charge in [-0.3, -0.25) is 4.79 Å². The zero-order valence-corrected chi connectivity index (χ0v) is 18.5. The molecule has 7 atom stereocenters. The van der Waals surface area contributed by atoms with E-state index < -0.39 is 29.1 Å². The summed E-state index contributed by atoms with van der Waals surface area (Å²) in [5.74, 6) is -1.71. The zero-order chi connectivity index (χ0) is 22.9. The van der Waals surface area contributed by atoms with Gasteiger partial charge in [-0.05, 0) is 67.4 Å². The highest BCUT2D eigenvalue weighted by Gasteiger charge is 2.71. The molecule has 0 unspecified atom stereocenters. The Morgan fingerprint density at radius 2 is 2.03 bits per heavy atom. The van der Waals surface area contributed by atoms with Crippen molar-refractivity contribution in [2.24, 2.45) is 28.6 Å². The Bertz CT molecular complexity index is 994. The number of aliphatic hydroxyl groups is 1. The number of fused-ring (bicyclic) bond motifs is 5. The summed E-state index contributed by atoms with van der Waals surface area (Å²) in [5, 5.41) is 21.8. The number of carbonyl (C=O) groups is 3. The van der Waals surface area contributed by atoms with Crippen molar-refractivity contribution < 1.29 is 33.8 Å². The number of furan rings is 1. The second-order valence-corrected chi connectivity index (χ2v) is 10.6. The fourth-order valence-electron chi connectivity index (χ4n) is 7.76. The van der Waals surface area contributed by atoms with E-state index in [1.54, 1.807) is 6.07 Å². The van der Waals surface area contributed by atoms with Gasteiger partial charge in [0.2, 0.25) is 11.4 Å². The summed E-state index contributed by atoms with van der Waals surface area (Å²) < 4.78 is 10.9. The molecule has 7 nitrogen and oxygen atoms in total. The molecule has 2 N–H and O–H groups in total. The number of esters is 1. The van der Waals surface area contributed by atoms with Crippen molar-refractivity contribution in [3.63, 3.8) is 0 Å². The number of rotatable bonds is 3. The van der Waals surface area contributed by atoms with E-state index in [1.165, 1.54) is 12.3 Å². The SMILES string of the molecule is C[C@]12CCC(=O)CC1=CC[C@@H]1[C@@H]2[C@@H](O)C[C@@]2(C)[C@H]1CC[C@]2(OC(=O)c1ccco1)C(=O)O. The maximum absolute atomic E-state index is 12.7. The Hall–Kier alpha value is -2.41. The number of carboxylic acids is 1. The Kier molecular flexibility index (Phi) is 4.72. The Morgan fingerprint density at radius 1 is 1.25 bits per heavy atom. The number of hydrogen-bond acceptors (Lipinski definition) is 6. The molecular weight excluding hydrogens is 412 g/mol. The molecule has 1 heterocycles. The first-order chi connectivity index (χ1) is 15.1. The summed E-state index contributed by atoms with van der Waals surface area (Å²) >= 11 is 0. The molecule has 0 spiro atoms. The van der Waals surface area contributed by atoms with Gasteiger partial charge < -0.3 is 19.4 Å². The van der Waals surface area contributed by atoms with Crippen LogP contribution in [0.5, 0.6) is 0 Å². The second-order valence-electron chi connectivity index (χ2n) is 10.6. The molecule has 1 aromatic heterocycles. The number of hydrogen-bond donors (Lipinski definition) is 2. The first kappa shape index (κ1) is 21.4. The van der Waals surface area contributed by atoms with Gasteiger partial charge >= 0.3 is 11.9 Å². The van der Waals surface area contributed by atoms with Crippen molar-refractivity contribution in [1.82, 2.24) is 0 Å². The maximum atomic E-state index is 12.7. The highest BCUT2D eigenvalue weighted by Crippen LogP contribution is 2.67. The third-order valence-electron chi connectivity index (χ3n) is 9.33. The number of Topliss-reactive ketones (excluding diaryl/α,β-unsaturated/α-hetero) is 1. The lowest BCUT2D eigenvalue weighted by Crippen LogP contribution is -2.62. The number of ether oxygens (including phenoxy) is 1. The van der Waals surface area contributed by atoms with E-state index in [2.05, 4.69) is 13.0 Å². The molecule has 0 radical (unpaired) electrons. The van der Waals surface area contributed by atoms with Crippen molar-refractivity contribution in [3.05, 3.63) is 35.8 Å². The van der Waals surface area contributed by atoms with Gasteiger partial charge in [-0.15, -0.1) is 0 Å². The first-order valence-electron chi connectivity index (χ1n) is 11.5. The van der Waals surface area contributed by atoms with Crippen LogP contribution in [0.3, 0.4) is 0 Å². The topological polar surface area (TPSA) is 114 Å². The van der Waals surface area contributed by atoms with Gasteiger partial charge in [-0.25, -0.2) is 9.59 Å². The van der Waals surface area contributed by atoms with Crippen LogP contribution in [0.4, 0.5) is 0 Å². The molecule has 7 heteroatoms. The maximum Gasteiger partial charge on any atom is 0.375 e. The summed E-state index contributed by atoms with van der Waals surface area (Å²) in [6.45, 7) is 4.02. The van der Waals surface area contributed by atoms with Gasteiger partial charge in [0.1, 0.15) is 5.78 Å². The molecule has 172 valence electrons. The van der Waals surface area contributed by atoms with Crippen LogP contribution >= 0.6 is 0 Å². The lowest BCUT2D eigenvalue weighted by Gasteiger charge is -2.59. The van der Waals surface area contributed by atoms with E-state index in [-0.39, 0.29) is 47.6 Å². The zero-order valence-electron chi connectivity index (χ0n) is 18.5. The monoisotopic (exact) mass is 442 g/mol. The summed E-state index contributed by atoms with van der Waals surface area (Å²) in [6, 6.07) is 3.01. The number of allylic oxidation sites excluding steroid dienone is 2. The minimum Gasteiger partial charge on any atom is -0.478 e. The van der Waals surface area contributed by atoms with Crippen LogP contribution in [0.2, 0.25) is 0 Å². The summed E-state index contributed by atoms with van der Waals surface area (Å²) in [4.78, 5) is 37.5. The molecule has 5 rings (SSSR count). The quantitative estimate of drug-likeness (QED) is 0.541. The van der Waals surface area contributed by atoms with E-state index in [0.29, 0.717) is 25.7 Å². The minimum atomic E-state index is -1.72. The third kappa shape index (κ3) is 2.73. The highest BCUT2D eigenvalue weighted by molar-refractivity contribution is 5.90. The fourth-order valence-corrected chi connectivity index (χ4v) is 7.76. The molecular formula is C25H30O7. The molecule has 0 aliphatic heterocycles. The minimum absolute atomic E-state index is 0.0105. The van der Waals surface area contributed by atoms with Crippen LogP contribution in [0.15, 0.2) is 34.5 Å². The molecule has 0 bridgehead atoms. The summed E-state index contributed by atoms with van der Waals surface area (Å²) in [5.41, 5.74) is -1.75. The lowest BCUT2D eigenvalue weighted by atomic mass is 9.46. The van der Waals surface area contributed by atoms with Gasteiger partial charge in [0.15, 0.2) is 0 Å². The number of ketones is 1. The van der Waals surface area contributed by atoms with Crippen molar-refractivity contribution in [2.75, 3.05) is 0 Å². The molecule has 0 aromatic carbocycles. The van der Waals surface area contributed by atoms with Gasteiger partial charge in [-0.2, -0.15) is 0 Å². The van der Waals surface area contributed by atoms with Crippen molar-refractivity contribution >= 4 is 17.7 Å². The van der Waals surface area contributed by atoms with Crippen LogP contribution in [0.1, 0.15) is 69.3 Å². The van der Waals surface area contributed by atoms with Crippen LogP contribution in [0, 0.1) is 28.6 Å². The average Bonchev–Trinajstić information content (AvgIpc) is 3.36. The van der Waals surface area contributed by atoms with Gasteiger partial charge in [0, 0.05) is 18.3 Å². The van der Waals surface area contributed by atoms with E-state index >= 15 is 0 Å². The van der Waals surface area contributed by atoms with Crippen LogP contribution < -0.4 is 0 Å². The van der Waals surface area contributed by atoms with E-state index in [4.69, 9.17) is 9.15 Å². The highest BCUT2D eigenvalue weighted by atomic mass is 16.6. The average molecular weight is 443 g/mol. The molecule has 32 heavy (non-hydrogen) atoms. The van der Waals surface area contributed by atoms with Crippen LogP contribution in [-0.4, -0.2) is 39.6 Å². The molecule has 0 amide bonds. The van der Waals surface area contributed by atoms with Crippen LogP contribution in [0.25, 0.3) is 0 Å². The molecule has 4 aliphatic carbocycles. The van der Waals surface area contributed by atoms with Crippen molar-refractivity contribution in [1.29, 1.82) is 0 Å². The van der Waals surface area contributed by atoms with E-state index in [9.17, 15) is 24.6 Å². The fraction of sp³-hybridized carbons (Fsp3) is 0.640. The van der Waals surface area contributed by atoms with Gasteiger partial charge in [0.25, 0.3) is 0 Å². The predicted octanol–water partition coefficient (Wildman–Crippen LogP) is 3.76. The second kappa shape index (κ2) is 7.04. The third-order valence-corrected chi connectivity index (χ3v) is 9.33. The number of carbonyl (C=O) groups excluding carboxylic acids is 2. The smallest absolute Gasteiger partial charge is 0.375 e. The van der Waals surface area contributed by atoms with Gasteiger partial charge in [-0.1, -0.05) is 25.5 Å². The molecule has 4 aliphatic rings. The largest absolute Gasteiger partial charge is 0.478 e. The van der Waals surface area contributed by atoms with Crippen molar-refractivity contribution in [3.8, 4) is 0 Å². The Labute approximate surface area is 186 Å². The predicted molar refractivity (Wildman–Crippen MR) is 113 cm³/mol. The Morgan fingerprint density at radius 3 is 2.72 bits per heavy atom. The lowest BCUT2D eigenvalue weighted by molar-refractivity contribution is -0.194. The van der Waals surface area contributed by atoms with E-state index in [1.807, 2.05) is 6.92 Å². The summed E-state index contributed by atoms with van der Waals surface area (Å²) in [6.07, 6.45) is 6.23. The molecule has 3 saturated carbocycles. The number of aliphatic hydroxyl groups excluding tert-OH is 1. The molecule has 1 aromatic rings. The van der Waals surface area contributed by atoms with E-state index in [0.717, 1.165) is 12.0 Å². The van der Waals surface area contributed by atoms with Gasteiger partial charge in [0.05, 0.1) is 12.4 Å². The number of aliphatic carboxylic acids is 1. The first-order valence-corrected chi connectivity index (χ1v) is 11.5. The van der Waals surface area contributed by atoms with Crippen molar-refractivity contribution in [2.45, 2.75) is 70.5 Å². The normalized spacial score (nSPS) is 43.0. The Balaban J connectivity index is 1.52. The van der Waals surface area contributed by atoms with Crippen LogP contribution in [-0.2, 0) is 14.3 Å². The summed E-state index contributed by atoms with van der Waals surface area (Å²) in [7, 11) is 0. The molecule has 0 saturated heterocycles.